The molecule has 0 amide bonds. The lowest BCUT2D eigenvalue weighted by Gasteiger charge is -2.30. The van der Waals surface area contributed by atoms with Gasteiger partial charge in [-0.25, -0.2) is 0 Å². The summed E-state index contributed by atoms with van der Waals surface area (Å²) in [6.45, 7) is 6.39. The van der Waals surface area contributed by atoms with Crippen LogP contribution in [0.1, 0.15) is 46.0 Å². The average Bonchev–Trinajstić information content (AvgIpc) is 3.12. The Hall–Kier alpha value is -0.610. The second-order valence-corrected chi connectivity index (χ2v) is 5.85. The van der Waals surface area contributed by atoms with E-state index in [2.05, 4.69) is 10.2 Å². The molecule has 2 aliphatic rings. The molecular weight excluding hydrogens is 228 g/mol. The van der Waals surface area contributed by atoms with Crippen molar-refractivity contribution in [3.63, 3.8) is 0 Å². The van der Waals surface area contributed by atoms with Crippen LogP contribution in [0.5, 0.6) is 0 Å². The van der Waals surface area contributed by atoms with Gasteiger partial charge in [0.25, 0.3) is 0 Å². The van der Waals surface area contributed by atoms with Crippen molar-refractivity contribution in [2.24, 2.45) is 0 Å². The van der Waals surface area contributed by atoms with Crippen molar-refractivity contribution in [3.8, 4) is 0 Å². The first-order valence-electron chi connectivity index (χ1n) is 7.32. The van der Waals surface area contributed by atoms with Gasteiger partial charge in [-0.3, -0.25) is 9.69 Å². The van der Waals surface area contributed by atoms with E-state index < -0.39 is 0 Å². The van der Waals surface area contributed by atoms with Crippen molar-refractivity contribution in [3.05, 3.63) is 0 Å². The quantitative estimate of drug-likeness (QED) is 0.730. The van der Waals surface area contributed by atoms with Crippen LogP contribution in [-0.4, -0.2) is 48.7 Å². The van der Waals surface area contributed by atoms with Crippen molar-refractivity contribution in [1.29, 1.82) is 0 Å². The van der Waals surface area contributed by atoms with Crippen LogP contribution in [0, 0.1) is 0 Å². The molecule has 1 aliphatic carbocycles. The Morgan fingerprint density at radius 2 is 2.11 bits per heavy atom. The van der Waals surface area contributed by atoms with Gasteiger partial charge in [-0.2, -0.15) is 0 Å². The normalized spacial score (nSPS) is 24.6. The Balaban J connectivity index is 1.78. The summed E-state index contributed by atoms with van der Waals surface area (Å²) in [5.41, 5.74) is 0. The molecule has 0 bridgehead atoms. The lowest BCUT2D eigenvalue weighted by Crippen LogP contribution is -2.46. The molecule has 4 heteroatoms. The lowest BCUT2D eigenvalue weighted by atomic mass is 10.0. The number of nitrogens with zero attached hydrogens (tertiary/aromatic N) is 1. The number of piperidine rings is 1. The van der Waals surface area contributed by atoms with E-state index in [1.54, 1.807) is 0 Å². The third-order valence-corrected chi connectivity index (χ3v) is 3.63. The third kappa shape index (κ3) is 4.58. The zero-order valence-electron chi connectivity index (χ0n) is 11.7. The number of carbonyl (C=O) groups excluding carboxylic acids is 1. The summed E-state index contributed by atoms with van der Waals surface area (Å²) in [6.07, 6.45) is 6.31. The molecule has 0 radical (unpaired) electrons. The average molecular weight is 254 g/mol. The summed E-state index contributed by atoms with van der Waals surface area (Å²) in [6, 6.07) is 1.18. The fraction of sp³-hybridized carbons (Fsp3) is 0.929. The van der Waals surface area contributed by atoms with E-state index in [1.165, 1.54) is 32.1 Å². The Labute approximate surface area is 110 Å². The monoisotopic (exact) mass is 254 g/mol. The fourth-order valence-corrected chi connectivity index (χ4v) is 2.61. The molecule has 1 heterocycles. The summed E-state index contributed by atoms with van der Waals surface area (Å²) < 4.78 is 5.25. The van der Waals surface area contributed by atoms with Crippen LogP contribution >= 0.6 is 0 Å². The fourth-order valence-electron chi connectivity index (χ4n) is 2.61. The van der Waals surface area contributed by atoms with Gasteiger partial charge in [0, 0.05) is 18.6 Å². The smallest absolute Gasteiger partial charge is 0.320 e. The van der Waals surface area contributed by atoms with Crippen molar-refractivity contribution in [2.45, 2.75) is 64.1 Å². The summed E-state index contributed by atoms with van der Waals surface area (Å²) in [5.74, 6) is -0.0762. The van der Waals surface area contributed by atoms with Crippen molar-refractivity contribution >= 4 is 5.97 Å². The lowest BCUT2D eigenvalue weighted by molar-refractivity contribution is -0.149. The SMILES string of the molecule is CC(C)OC(=O)CN(CC1CCCCN1)C1CC1. The largest absolute Gasteiger partial charge is 0.462 e. The number of esters is 1. The van der Waals surface area contributed by atoms with Gasteiger partial charge >= 0.3 is 5.97 Å². The molecule has 0 aromatic rings. The molecule has 1 N–H and O–H groups in total. The standard InChI is InChI=1S/C14H26N2O2/c1-11(2)18-14(17)10-16(13-6-7-13)9-12-5-3-4-8-15-12/h11-13,15H,3-10H2,1-2H3. The van der Waals surface area contributed by atoms with Crippen LogP contribution in [0.25, 0.3) is 0 Å². The van der Waals surface area contributed by atoms with Crippen LogP contribution in [0.4, 0.5) is 0 Å². The van der Waals surface area contributed by atoms with E-state index in [-0.39, 0.29) is 12.1 Å². The van der Waals surface area contributed by atoms with E-state index in [0.717, 1.165) is 13.1 Å². The number of hydrogen-bond donors (Lipinski definition) is 1. The highest BCUT2D eigenvalue weighted by atomic mass is 16.5. The minimum atomic E-state index is -0.0762. The summed E-state index contributed by atoms with van der Waals surface area (Å²) >= 11 is 0. The maximum Gasteiger partial charge on any atom is 0.320 e. The Morgan fingerprint density at radius 3 is 2.67 bits per heavy atom. The molecule has 2 rings (SSSR count). The first kappa shape index (κ1) is 13.8. The maximum absolute atomic E-state index is 11.8. The Kier molecular flexibility index (Phi) is 5.01. The molecule has 0 aromatic heterocycles. The third-order valence-electron chi connectivity index (χ3n) is 3.63. The summed E-state index contributed by atoms with van der Waals surface area (Å²) in [7, 11) is 0. The van der Waals surface area contributed by atoms with Gasteiger partial charge in [0.1, 0.15) is 0 Å². The molecule has 18 heavy (non-hydrogen) atoms. The summed E-state index contributed by atoms with van der Waals surface area (Å²) in [5, 5.41) is 3.55. The number of nitrogens with one attached hydrogen (secondary N) is 1. The molecule has 0 spiro atoms. The van der Waals surface area contributed by atoms with Gasteiger partial charge in [0.05, 0.1) is 12.6 Å². The highest BCUT2D eigenvalue weighted by molar-refractivity contribution is 5.71. The number of hydrogen-bond acceptors (Lipinski definition) is 4. The topological polar surface area (TPSA) is 41.6 Å². The van der Waals surface area contributed by atoms with Gasteiger partial charge in [0.15, 0.2) is 0 Å². The number of carbonyl (C=O) groups is 1. The predicted octanol–water partition coefficient (Wildman–Crippen LogP) is 1.54. The van der Waals surface area contributed by atoms with Crippen LogP contribution in [-0.2, 0) is 9.53 Å². The van der Waals surface area contributed by atoms with Gasteiger partial charge in [-0.05, 0) is 46.1 Å². The molecule has 4 nitrogen and oxygen atoms in total. The minimum Gasteiger partial charge on any atom is -0.462 e. The molecule has 1 unspecified atom stereocenters. The van der Waals surface area contributed by atoms with Gasteiger partial charge in [-0.15, -0.1) is 0 Å². The van der Waals surface area contributed by atoms with Crippen LogP contribution in [0.3, 0.4) is 0 Å². The van der Waals surface area contributed by atoms with Crippen molar-refractivity contribution in [1.82, 2.24) is 10.2 Å². The molecule has 1 saturated carbocycles. The van der Waals surface area contributed by atoms with Gasteiger partial charge < -0.3 is 10.1 Å². The zero-order valence-corrected chi connectivity index (χ0v) is 11.7. The molecular formula is C14H26N2O2. The van der Waals surface area contributed by atoms with E-state index in [4.69, 9.17) is 4.74 Å². The first-order valence-corrected chi connectivity index (χ1v) is 7.32. The van der Waals surface area contributed by atoms with Crippen molar-refractivity contribution < 1.29 is 9.53 Å². The molecule has 1 atom stereocenters. The zero-order chi connectivity index (χ0) is 13.0. The molecule has 104 valence electrons. The minimum absolute atomic E-state index is 0.00800. The van der Waals surface area contributed by atoms with Crippen LogP contribution in [0.2, 0.25) is 0 Å². The first-order chi connectivity index (χ1) is 8.65. The van der Waals surface area contributed by atoms with Gasteiger partial charge in [-0.1, -0.05) is 6.42 Å². The molecule has 2 fully saturated rings. The van der Waals surface area contributed by atoms with Crippen molar-refractivity contribution in [2.75, 3.05) is 19.6 Å². The Morgan fingerprint density at radius 1 is 1.33 bits per heavy atom. The second-order valence-electron chi connectivity index (χ2n) is 5.85. The van der Waals surface area contributed by atoms with E-state index in [0.29, 0.717) is 18.6 Å². The van der Waals surface area contributed by atoms with Crippen LogP contribution < -0.4 is 5.32 Å². The summed E-state index contributed by atoms with van der Waals surface area (Å²) in [4.78, 5) is 14.1. The highest BCUT2D eigenvalue weighted by Crippen LogP contribution is 2.27. The van der Waals surface area contributed by atoms with E-state index in [1.807, 2.05) is 13.8 Å². The predicted molar refractivity (Wildman–Crippen MR) is 71.5 cm³/mol. The highest BCUT2D eigenvalue weighted by Gasteiger charge is 2.32. The van der Waals surface area contributed by atoms with E-state index in [9.17, 15) is 4.79 Å². The molecule has 0 aromatic carbocycles. The van der Waals surface area contributed by atoms with E-state index >= 15 is 0 Å². The number of rotatable bonds is 6. The maximum atomic E-state index is 11.8. The van der Waals surface area contributed by atoms with Gasteiger partial charge in [0.2, 0.25) is 0 Å². The molecule has 1 aliphatic heterocycles. The number of ether oxygens (including phenoxy) is 1. The Bertz CT molecular complexity index is 271. The second kappa shape index (κ2) is 6.53. The van der Waals surface area contributed by atoms with Crippen LogP contribution in [0.15, 0.2) is 0 Å². The molecule has 1 saturated heterocycles.